The van der Waals surface area contributed by atoms with Crippen molar-refractivity contribution in [1.29, 1.82) is 0 Å². The van der Waals surface area contributed by atoms with Crippen molar-refractivity contribution in [2.24, 2.45) is 5.73 Å². The minimum absolute atomic E-state index is 0. The molecule has 0 spiro atoms. The molecule has 3 N–H and O–H groups in total. The summed E-state index contributed by atoms with van der Waals surface area (Å²) in [7, 11) is 0. The summed E-state index contributed by atoms with van der Waals surface area (Å²) >= 11 is 0. The molecule has 2 radical (unpaired) electrons. The topological polar surface area (TPSA) is 46.2 Å². The van der Waals surface area contributed by atoms with Gasteiger partial charge in [0.2, 0.25) is 0 Å². The van der Waals surface area contributed by atoms with Crippen molar-refractivity contribution < 1.29 is 5.11 Å². The molecule has 0 aliphatic rings. The molecule has 0 bridgehead atoms. The first kappa shape index (κ1) is 18.8. The van der Waals surface area contributed by atoms with Gasteiger partial charge in [0.15, 0.2) is 0 Å². The van der Waals surface area contributed by atoms with Crippen molar-refractivity contribution in [3.63, 3.8) is 0 Å². The van der Waals surface area contributed by atoms with E-state index in [4.69, 9.17) is 10.8 Å². The van der Waals surface area contributed by atoms with Crippen LogP contribution in [0.25, 0.3) is 0 Å². The Kier molecular flexibility index (Phi) is 28.2. The summed E-state index contributed by atoms with van der Waals surface area (Å²) in [4.78, 5) is 0. The van der Waals surface area contributed by atoms with E-state index in [1.807, 2.05) is 0 Å². The monoisotopic (exact) mass is 159 g/mol. The van der Waals surface area contributed by atoms with Crippen LogP contribution in [0.2, 0.25) is 0 Å². The zero-order valence-corrected chi connectivity index (χ0v) is 8.68. The van der Waals surface area contributed by atoms with Crippen molar-refractivity contribution >= 4 is 37.7 Å². The fraction of sp³-hybridized carbons (Fsp3) is 1.00. The van der Waals surface area contributed by atoms with Gasteiger partial charge >= 0.3 is 0 Å². The zero-order valence-electron chi connectivity index (χ0n) is 8.68. The van der Waals surface area contributed by atoms with Gasteiger partial charge in [0.25, 0.3) is 0 Å². The van der Waals surface area contributed by atoms with Gasteiger partial charge in [-0.1, -0.05) is 25.7 Å². The van der Waals surface area contributed by atoms with E-state index >= 15 is 0 Å². The number of aliphatic hydroxyl groups excluding tert-OH is 1. The van der Waals surface area contributed by atoms with E-state index in [2.05, 4.69) is 0 Å². The van der Waals surface area contributed by atoms with Gasteiger partial charge in [-0.3, -0.25) is 0 Å². The fourth-order valence-corrected chi connectivity index (χ4v) is 0.963. The first-order valence-electron chi connectivity index (χ1n) is 4.22. The molecular formula is C8H19Li2NO. The molecule has 2 nitrogen and oxygen atoms in total. The molecule has 0 aromatic rings. The minimum Gasteiger partial charge on any atom is -0.396 e. The van der Waals surface area contributed by atoms with E-state index in [0.717, 1.165) is 19.4 Å². The van der Waals surface area contributed by atoms with Gasteiger partial charge in [0.1, 0.15) is 0 Å². The fourth-order valence-electron chi connectivity index (χ4n) is 0.963. The summed E-state index contributed by atoms with van der Waals surface area (Å²) in [5, 5.41) is 8.45. The van der Waals surface area contributed by atoms with Crippen molar-refractivity contribution in [1.82, 2.24) is 0 Å². The van der Waals surface area contributed by atoms with Crippen LogP contribution in [-0.2, 0) is 0 Å². The van der Waals surface area contributed by atoms with E-state index in [-0.39, 0.29) is 37.7 Å². The largest absolute Gasteiger partial charge is 0.396 e. The molecule has 0 fully saturated rings. The van der Waals surface area contributed by atoms with Crippen molar-refractivity contribution in [2.75, 3.05) is 13.2 Å². The predicted molar refractivity (Wildman–Crippen MR) is 55.4 cm³/mol. The first-order valence-corrected chi connectivity index (χ1v) is 4.22. The smallest absolute Gasteiger partial charge is 0.0431 e. The summed E-state index contributed by atoms with van der Waals surface area (Å²) in [6.07, 6.45) is 7.06. The third-order valence-corrected chi connectivity index (χ3v) is 1.61. The van der Waals surface area contributed by atoms with Gasteiger partial charge in [-0.25, -0.2) is 0 Å². The molecule has 0 unspecified atom stereocenters. The predicted octanol–water partition coefficient (Wildman–Crippen LogP) is 0.516. The van der Waals surface area contributed by atoms with E-state index in [1.165, 1.54) is 25.7 Å². The van der Waals surface area contributed by atoms with E-state index in [9.17, 15) is 0 Å². The second-order valence-corrected chi connectivity index (χ2v) is 2.63. The summed E-state index contributed by atoms with van der Waals surface area (Å²) in [5.74, 6) is 0. The Labute approximate surface area is 100 Å². The molecule has 4 heteroatoms. The standard InChI is InChI=1S/C8H19NO.2Li/c9-7-5-3-1-2-4-6-8-10;;/h10H,1-9H2;;. The molecule has 0 saturated carbocycles. The zero-order chi connectivity index (χ0) is 7.66. The van der Waals surface area contributed by atoms with Crippen LogP contribution in [-0.4, -0.2) is 56.0 Å². The number of rotatable bonds is 7. The number of hydrogen-bond donors (Lipinski definition) is 2. The van der Waals surface area contributed by atoms with Crippen molar-refractivity contribution in [3.8, 4) is 0 Å². The maximum atomic E-state index is 8.45. The average Bonchev–Trinajstić information content (AvgIpc) is 1.97. The van der Waals surface area contributed by atoms with Gasteiger partial charge in [-0.2, -0.15) is 0 Å². The van der Waals surface area contributed by atoms with Gasteiger partial charge in [-0.05, 0) is 19.4 Å². The average molecular weight is 159 g/mol. The van der Waals surface area contributed by atoms with Gasteiger partial charge in [-0.15, -0.1) is 0 Å². The van der Waals surface area contributed by atoms with Gasteiger partial charge < -0.3 is 10.8 Å². The molecule has 12 heavy (non-hydrogen) atoms. The van der Waals surface area contributed by atoms with Gasteiger partial charge in [0.05, 0.1) is 0 Å². The molecule has 64 valence electrons. The second kappa shape index (κ2) is 18.0. The molecule has 0 rings (SSSR count). The van der Waals surface area contributed by atoms with Crippen molar-refractivity contribution in [2.45, 2.75) is 38.5 Å². The van der Waals surface area contributed by atoms with E-state index < -0.39 is 0 Å². The van der Waals surface area contributed by atoms with Crippen LogP contribution in [0, 0.1) is 0 Å². The normalized spacial score (nSPS) is 8.50. The number of unbranched alkanes of at least 4 members (excludes halogenated alkanes) is 5. The third-order valence-electron chi connectivity index (χ3n) is 1.61. The molecule has 0 aliphatic heterocycles. The molecule has 0 aliphatic carbocycles. The Morgan fingerprint density at radius 1 is 0.750 bits per heavy atom. The van der Waals surface area contributed by atoms with Crippen LogP contribution in [0.15, 0.2) is 0 Å². The molecular weight excluding hydrogens is 140 g/mol. The van der Waals surface area contributed by atoms with Crippen LogP contribution in [0.5, 0.6) is 0 Å². The number of nitrogens with two attached hydrogens (primary N) is 1. The number of aliphatic hydroxyl groups is 1. The SMILES string of the molecule is NCCCCCCCCO.[Li].[Li]. The van der Waals surface area contributed by atoms with Crippen molar-refractivity contribution in [3.05, 3.63) is 0 Å². The van der Waals surface area contributed by atoms with E-state index in [0.29, 0.717) is 6.61 Å². The minimum atomic E-state index is 0. The van der Waals surface area contributed by atoms with Crippen LogP contribution >= 0.6 is 0 Å². The third kappa shape index (κ3) is 17.3. The molecule has 0 saturated heterocycles. The molecule has 0 aromatic heterocycles. The van der Waals surface area contributed by atoms with Crippen LogP contribution in [0.1, 0.15) is 38.5 Å². The van der Waals surface area contributed by atoms with Gasteiger partial charge in [0, 0.05) is 44.3 Å². The molecule has 0 heterocycles. The Bertz CT molecular complexity index is 57.0. The Morgan fingerprint density at radius 2 is 1.17 bits per heavy atom. The van der Waals surface area contributed by atoms with E-state index in [1.54, 1.807) is 0 Å². The summed E-state index contributed by atoms with van der Waals surface area (Å²) in [6, 6.07) is 0. The van der Waals surface area contributed by atoms with Crippen LogP contribution in [0.3, 0.4) is 0 Å². The Hall–Kier alpha value is 1.11. The van der Waals surface area contributed by atoms with Crippen LogP contribution < -0.4 is 5.73 Å². The molecule has 0 atom stereocenters. The summed E-state index contributed by atoms with van der Waals surface area (Å²) in [5.41, 5.74) is 5.33. The number of hydrogen-bond acceptors (Lipinski definition) is 2. The first-order chi connectivity index (χ1) is 4.91. The van der Waals surface area contributed by atoms with Crippen LogP contribution in [0.4, 0.5) is 0 Å². The summed E-state index contributed by atoms with van der Waals surface area (Å²) < 4.78 is 0. The second-order valence-electron chi connectivity index (χ2n) is 2.63. The summed E-state index contributed by atoms with van der Waals surface area (Å²) in [6.45, 7) is 1.16. The quantitative estimate of drug-likeness (QED) is 0.420. The maximum absolute atomic E-state index is 8.45. The Morgan fingerprint density at radius 3 is 1.58 bits per heavy atom. The molecule has 0 amide bonds. The Balaban J connectivity index is -0.000000405. The maximum Gasteiger partial charge on any atom is 0.0431 e. The molecule has 0 aromatic carbocycles.